The van der Waals surface area contributed by atoms with Gasteiger partial charge in [0.15, 0.2) is 0 Å². The van der Waals surface area contributed by atoms with E-state index in [1.807, 2.05) is 0 Å². The van der Waals surface area contributed by atoms with Crippen LogP contribution in [0.25, 0.3) is 0 Å². The van der Waals surface area contributed by atoms with Gasteiger partial charge in [-0.05, 0) is 30.4 Å². The van der Waals surface area contributed by atoms with Crippen LogP contribution in [-0.2, 0) is 10.3 Å². The average Bonchev–Trinajstić information content (AvgIpc) is 2.13. The molecule has 0 unspecified atom stereocenters. The molecule has 0 spiro atoms. The van der Waals surface area contributed by atoms with Gasteiger partial charge in [-0.15, -0.1) is 0 Å². The normalized spacial score (nSPS) is 24.3. The van der Waals surface area contributed by atoms with Crippen LogP contribution in [0, 0.1) is 0 Å². The average molecular weight is 203 g/mol. The predicted octanol–water partition coefficient (Wildman–Crippen LogP) is 2.14. The number of benzene rings is 1. The Balaban J connectivity index is 1.80. The van der Waals surface area contributed by atoms with Gasteiger partial charge in [0.2, 0.25) is 0 Å². The summed E-state index contributed by atoms with van der Waals surface area (Å²) in [4.78, 5) is 0. The zero-order valence-corrected chi connectivity index (χ0v) is 8.91. The number of rotatable bonds is 2. The molecule has 1 saturated carbocycles. The number of hydrogen-bond acceptors (Lipinski definition) is 2. The van der Waals surface area contributed by atoms with Crippen molar-refractivity contribution in [1.82, 2.24) is 0 Å². The molecule has 2 N–H and O–H groups in total. The Bertz CT molecular complexity index is 349. The Morgan fingerprint density at radius 3 is 2.20 bits per heavy atom. The highest BCUT2D eigenvalue weighted by molar-refractivity contribution is 5.32. The van der Waals surface area contributed by atoms with Gasteiger partial charge >= 0.3 is 0 Å². The lowest BCUT2D eigenvalue weighted by Crippen LogP contribution is -2.43. The molecule has 0 aromatic heterocycles. The third-order valence-electron chi connectivity index (χ3n) is 3.84. The summed E-state index contributed by atoms with van der Waals surface area (Å²) in [6.45, 7) is 1.76. The smallest absolute Gasteiger partial charge is 0.0557 e. The lowest BCUT2D eigenvalue weighted by molar-refractivity contribution is 0.00840. The van der Waals surface area contributed by atoms with E-state index in [2.05, 4.69) is 24.3 Å². The molecule has 1 heterocycles. The summed E-state index contributed by atoms with van der Waals surface area (Å²) in [7, 11) is 0. The Labute approximate surface area is 90.4 Å². The van der Waals surface area contributed by atoms with E-state index >= 15 is 0 Å². The summed E-state index contributed by atoms with van der Waals surface area (Å²) in [5.41, 5.74) is 8.95. The van der Waals surface area contributed by atoms with E-state index in [1.54, 1.807) is 0 Å². The molecule has 15 heavy (non-hydrogen) atoms. The molecular formula is C13H17NO. The predicted molar refractivity (Wildman–Crippen MR) is 59.7 cm³/mol. The van der Waals surface area contributed by atoms with Crippen molar-refractivity contribution in [3.05, 3.63) is 35.4 Å². The van der Waals surface area contributed by atoms with E-state index < -0.39 is 0 Å². The summed E-state index contributed by atoms with van der Waals surface area (Å²) in [5.74, 6) is 0.620. The first kappa shape index (κ1) is 9.37. The molecule has 3 rings (SSSR count). The molecule has 1 aliphatic carbocycles. The van der Waals surface area contributed by atoms with Crippen molar-refractivity contribution < 1.29 is 4.74 Å². The molecule has 2 fully saturated rings. The molecule has 1 aliphatic heterocycles. The lowest BCUT2D eigenvalue weighted by atomic mass is 9.72. The molecule has 1 aromatic rings. The third kappa shape index (κ3) is 1.48. The van der Waals surface area contributed by atoms with E-state index in [9.17, 15) is 0 Å². The number of nitrogens with two attached hydrogens (primary N) is 1. The maximum atomic E-state index is 6.27. The minimum Gasteiger partial charge on any atom is -0.380 e. The molecular weight excluding hydrogens is 186 g/mol. The van der Waals surface area contributed by atoms with Crippen molar-refractivity contribution in [1.29, 1.82) is 0 Å². The van der Waals surface area contributed by atoms with Crippen molar-refractivity contribution in [2.45, 2.75) is 30.7 Å². The van der Waals surface area contributed by atoms with Crippen molar-refractivity contribution in [3.8, 4) is 0 Å². The minimum absolute atomic E-state index is 0.0192. The van der Waals surface area contributed by atoms with Gasteiger partial charge in [-0.3, -0.25) is 0 Å². The maximum absolute atomic E-state index is 6.27. The second-order valence-corrected chi connectivity index (χ2v) is 4.87. The van der Waals surface area contributed by atoms with Gasteiger partial charge in [-0.1, -0.05) is 24.3 Å². The number of ether oxygens (including phenoxy) is 1. The molecule has 0 bridgehead atoms. The molecule has 0 amide bonds. The van der Waals surface area contributed by atoms with Crippen molar-refractivity contribution in [3.63, 3.8) is 0 Å². The molecule has 80 valence electrons. The first-order valence-corrected chi connectivity index (χ1v) is 5.75. The zero-order valence-electron chi connectivity index (χ0n) is 8.91. The van der Waals surface area contributed by atoms with Crippen LogP contribution in [0.3, 0.4) is 0 Å². The monoisotopic (exact) mass is 203 g/mol. The topological polar surface area (TPSA) is 35.2 Å². The maximum Gasteiger partial charge on any atom is 0.0557 e. The summed E-state index contributed by atoms with van der Waals surface area (Å²) in [6, 6.07) is 8.84. The Hall–Kier alpha value is -0.860. The fourth-order valence-electron chi connectivity index (χ4n) is 2.36. The van der Waals surface area contributed by atoms with Gasteiger partial charge < -0.3 is 10.5 Å². The van der Waals surface area contributed by atoms with Crippen LogP contribution in [0.1, 0.15) is 36.3 Å². The molecule has 2 aliphatic rings. The number of hydrogen-bond donors (Lipinski definition) is 1. The van der Waals surface area contributed by atoms with Crippen LogP contribution in [0.5, 0.6) is 0 Å². The van der Waals surface area contributed by atoms with E-state index in [0.29, 0.717) is 5.92 Å². The van der Waals surface area contributed by atoms with Crippen molar-refractivity contribution >= 4 is 0 Å². The van der Waals surface area contributed by atoms with Gasteiger partial charge in [0, 0.05) is 11.5 Å². The molecule has 1 aromatic carbocycles. The largest absolute Gasteiger partial charge is 0.380 e. The van der Waals surface area contributed by atoms with Gasteiger partial charge in [0.25, 0.3) is 0 Å². The fraction of sp³-hybridized carbons (Fsp3) is 0.538. The van der Waals surface area contributed by atoms with Crippen molar-refractivity contribution in [2.24, 2.45) is 5.73 Å². The standard InChI is InChI=1S/C13H17NO/c14-13(6-1-7-13)12-4-2-10(3-5-12)11-8-15-9-11/h2-5,11H,1,6-9,14H2. The van der Waals surface area contributed by atoms with Gasteiger partial charge in [-0.25, -0.2) is 0 Å². The van der Waals surface area contributed by atoms with Crippen LogP contribution >= 0.6 is 0 Å². The van der Waals surface area contributed by atoms with E-state index in [0.717, 1.165) is 26.1 Å². The Morgan fingerprint density at radius 1 is 1.13 bits per heavy atom. The summed E-state index contributed by atoms with van der Waals surface area (Å²) in [5, 5.41) is 0. The first-order chi connectivity index (χ1) is 7.28. The molecule has 1 saturated heterocycles. The van der Waals surface area contributed by atoms with Gasteiger partial charge in [0.1, 0.15) is 0 Å². The Morgan fingerprint density at radius 2 is 1.80 bits per heavy atom. The first-order valence-electron chi connectivity index (χ1n) is 5.75. The molecule has 2 heteroatoms. The lowest BCUT2D eigenvalue weighted by Gasteiger charge is -2.39. The second-order valence-electron chi connectivity index (χ2n) is 4.87. The summed E-state index contributed by atoms with van der Waals surface area (Å²) in [6.07, 6.45) is 3.55. The minimum atomic E-state index is -0.0192. The van der Waals surface area contributed by atoms with Crippen LogP contribution in [0.15, 0.2) is 24.3 Å². The molecule has 0 atom stereocenters. The van der Waals surface area contributed by atoms with Gasteiger partial charge in [0.05, 0.1) is 13.2 Å². The van der Waals surface area contributed by atoms with E-state index in [1.165, 1.54) is 17.5 Å². The quantitative estimate of drug-likeness (QED) is 0.799. The Kier molecular flexibility index (Phi) is 2.08. The van der Waals surface area contributed by atoms with Crippen LogP contribution < -0.4 is 5.73 Å². The highest BCUT2D eigenvalue weighted by Crippen LogP contribution is 2.39. The van der Waals surface area contributed by atoms with Crippen molar-refractivity contribution in [2.75, 3.05) is 13.2 Å². The summed E-state index contributed by atoms with van der Waals surface area (Å²) < 4.78 is 5.19. The van der Waals surface area contributed by atoms with E-state index in [4.69, 9.17) is 10.5 Å². The van der Waals surface area contributed by atoms with Crippen LogP contribution in [0.4, 0.5) is 0 Å². The van der Waals surface area contributed by atoms with Crippen LogP contribution in [0.2, 0.25) is 0 Å². The van der Waals surface area contributed by atoms with E-state index in [-0.39, 0.29) is 5.54 Å². The summed E-state index contributed by atoms with van der Waals surface area (Å²) >= 11 is 0. The molecule has 0 radical (unpaired) electrons. The highest BCUT2D eigenvalue weighted by atomic mass is 16.5. The third-order valence-corrected chi connectivity index (χ3v) is 3.84. The highest BCUT2D eigenvalue weighted by Gasteiger charge is 2.34. The zero-order chi connectivity index (χ0) is 10.3. The molecule has 2 nitrogen and oxygen atoms in total. The van der Waals surface area contributed by atoms with Gasteiger partial charge in [-0.2, -0.15) is 0 Å². The van der Waals surface area contributed by atoms with Crippen LogP contribution in [-0.4, -0.2) is 13.2 Å². The second kappa shape index (κ2) is 3.32. The fourth-order valence-corrected chi connectivity index (χ4v) is 2.36. The SMILES string of the molecule is NC1(c2ccc(C3COC3)cc2)CCC1.